The summed E-state index contributed by atoms with van der Waals surface area (Å²) in [5.41, 5.74) is 0.649. The van der Waals surface area contributed by atoms with Crippen molar-refractivity contribution in [3.05, 3.63) is 66.0 Å². The predicted octanol–water partition coefficient (Wildman–Crippen LogP) is 4.19. The van der Waals surface area contributed by atoms with Gasteiger partial charge in [0.15, 0.2) is 11.6 Å². The van der Waals surface area contributed by atoms with Gasteiger partial charge in [0.1, 0.15) is 5.75 Å². The van der Waals surface area contributed by atoms with Gasteiger partial charge in [0.2, 0.25) is 0 Å². The van der Waals surface area contributed by atoms with Crippen LogP contribution in [0.1, 0.15) is 12.5 Å². The Morgan fingerprint density at radius 3 is 2.67 bits per heavy atom. The van der Waals surface area contributed by atoms with Crippen molar-refractivity contribution < 1.29 is 18.7 Å². The van der Waals surface area contributed by atoms with Crippen molar-refractivity contribution in [2.75, 3.05) is 6.61 Å². The molecule has 0 atom stereocenters. The van der Waals surface area contributed by atoms with E-state index in [0.29, 0.717) is 17.9 Å². The van der Waals surface area contributed by atoms with E-state index in [0.717, 1.165) is 0 Å². The summed E-state index contributed by atoms with van der Waals surface area (Å²) < 4.78 is 24.0. The van der Waals surface area contributed by atoms with Crippen LogP contribution in [0.25, 0.3) is 6.08 Å². The van der Waals surface area contributed by atoms with Crippen molar-refractivity contribution in [3.8, 4) is 11.5 Å². The molecule has 0 aliphatic rings. The molecule has 108 valence electrons. The molecule has 4 heteroatoms. The first-order valence-electron chi connectivity index (χ1n) is 6.56. The maximum absolute atomic E-state index is 13.7. The molecule has 0 spiro atoms. The van der Waals surface area contributed by atoms with Gasteiger partial charge in [-0.2, -0.15) is 0 Å². The molecule has 0 aromatic heterocycles. The fourth-order valence-corrected chi connectivity index (χ4v) is 1.67. The molecule has 2 rings (SSSR count). The summed E-state index contributed by atoms with van der Waals surface area (Å²) in [7, 11) is 0. The zero-order valence-corrected chi connectivity index (χ0v) is 11.6. The Morgan fingerprint density at radius 2 is 1.95 bits per heavy atom. The maximum Gasteiger partial charge on any atom is 0.330 e. The lowest BCUT2D eigenvalue weighted by Crippen LogP contribution is -1.98. The minimum Gasteiger partial charge on any atom is -0.463 e. The first-order chi connectivity index (χ1) is 10.2. The summed E-state index contributed by atoms with van der Waals surface area (Å²) in [5, 5.41) is 0. The van der Waals surface area contributed by atoms with Gasteiger partial charge in [0.05, 0.1) is 6.61 Å². The molecule has 0 amide bonds. The fourth-order valence-electron chi connectivity index (χ4n) is 1.67. The number of carbonyl (C=O) groups excluding carboxylic acids is 1. The maximum atomic E-state index is 13.7. The Hall–Kier alpha value is -2.62. The highest BCUT2D eigenvalue weighted by Crippen LogP contribution is 2.25. The van der Waals surface area contributed by atoms with Gasteiger partial charge in [-0.15, -0.1) is 0 Å². The van der Waals surface area contributed by atoms with Crippen molar-refractivity contribution in [3.63, 3.8) is 0 Å². The number of ether oxygens (including phenoxy) is 2. The standard InChI is InChI=1S/C17H15FO3/c1-2-20-17(19)11-9-13-8-10-15(18)16(12-13)21-14-6-4-3-5-7-14/h3-12H,2H2,1H3. The van der Waals surface area contributed by atoms with Crippen molar-refractivity contribution in [2.24, 2.45) is 0 Å². The zero-order valence-electron chi connectivity index (χ0n) is 11.6. The molecule has 21 heavy (non-hydrogen) atoms. The second kappa shape index (κ2) is 7.24. The summed E-state index contributed by atoms with van der Waals surface area (Å²) >= 11 is 0. The minimum absolute atomic E-state index is 0.104. The molecule has 0 N–H and O–H groups in total. The Labute approximate surface area is 122 Å². The lowest BCUT2D eigenvalue weighted by atomic mass is 10.2. The molecule has 0 heterocycles. The lowest BCUT2D eigenvalue weighted by molar-refractivity contribution is -0.137. The van der Waals surface area contributed by atoms with Crippen molar-refractivity contribution in [1.29, 1.82) is 0 Å². The van der Waals surface area contributed by atoms with Gasteiger partial charge in [0.25, 0.3) is 0 Å². The zero-order chi connectivity index (χ0) is 15.1. The normalized spacial score (nSPS) is 10.6. The molecule has 0 bridgehead atoms. The van der Waals surface area contributed by atoms with E-state index in [2.05, 4.69) is 0 Å². The molecule has 0 saturated heterocycles. The minimum atomic E-state index is -0.466. The molecule has 0 aliphatic carbocycles. The number of benzene rings is 2. The van der Waals surface area contributed by atoms with E-state index in [1.165, 1.54) is 18.2 Å². The van der Waals surface area contributed by atoms with Crippen LogP contribution in [-0.2, 0) is 9.53 Å². The van der Waals surface area contributed by atoms with Gasteiger partial charge in [-0.1, -0.05) is 24.3 Å². The number of esters is 1. The Balaban J connectivity index is 2.15. The topological polar surface area (TPSA) is 35.5 Å². The number of carbonyl (C=O) groups is 1. The van der Waals surface area contributed by atoms with Gasteiger partial charge in [-0.3, -0.25) is 0 Å². The second-order valence-corrected chi connectivity index (χ2v) is 4.19. The summed E-state index contributed by atoms with van der Waals surface area (Å²) in [5.74, 6) is -0.255. The molecule has 0 aliphatic heterocycles. The first-order valence-corrected chi connectivity index (χ1v) is 6.56. The van der Waals surface area contributed by atoms with Gasteiger partial charge in [-0.05, 0) is 42.8 Å². The number of halogens is 1. The average Bonchev–Trinajstić information content (AvgIpc) is 2.49. The van der Waals surface area contributed by atoms with Gasteiger partial charge in [-0.25, -0.2) is 9.18 Å². The van der Waals surface area contributed by atoms with Crippen molar-refractivity contribution >= 4 is 12.0 Å². The average molecular weight is 286 g/mol. The molecule has 2 aromatic rings. The number of para-hydroxylation sites is 1. The molecular formula is C17H15FO3. The van der Waals surface area contributed by atoms with Gasteiger partial charge >= 0.3 is 5.97 Å². The predicted molar refractivity (Wildman–Crippen MR) is 78.6 cm³/mol. The van der Waals surface area contributed by atoms with Crippen LogP contribution in [0.3, 0.4) is 0 Å². The molecule has 0 fully saturated rings. The van der Waals surface area contributed by atoms with Crippen LogP contribution in [-0.4, -0.2) is 12.6 Å². The largest absolute Gasteiger partial charge is 0.463 e. The molecule has 0 unspecified atom stereocenters. The smallest absolute Gasteiger partial charge is 0.330 e. The van der Waals surface area contributed by atoms with Crippen molar-refractivity contribution in [2.45, 2.75) is 6.92 Å². The van der Waals surface area contributed by atoms with Crippen LogP contribution in [0.4, 0.5) is 4.39 Å². The van der Waals surface area contributed by atoms with E-state index < -0.39 is 11.8 Å². The van der Waals surface area contributed by atoms with Crippen LogP contribution < -0.4 is 4.74 Å². The monoisotopic (exact) mass is 286 g/mol. The van der Waals surface area contributed by atoms with Crippen LogP contribution in [0.15, 0.2) is 54.6 Å². The SMILES string of the molecule is CCOC(=O)C=Cc1ccc(F)c(Oc2ccccc2)c1. The van der Waals surface area contributed by atoms with Gasteiger partial charge in [0, 0.05) is 6.08 Å². The Morgan fingerprint density at radius 1 is 1.19 bits per heavy atom. The summed E-state index contributed by atoms with van der Waals surface area (Å²) in [6.45, 7) is 2.05. The Kier molecular flexibility index (Phi) is 5.10. The second-order valence-electron chi connectivity index (χ2n) is 4.19. The molecule has 2 aromatic carbocycles. The highest BCUT2D eigenvalue weighted by Gasteiger charge is 2.05. The molecular weight excluding hydrogens is 271 g/mol. The number of rotatable bonds is 5. The van der Waals surface area contributed by atoms with Crippen LogP contribution in [0.5, 0.6) is 11.5 Å². The van der Waals surface area contributed by atoms with E-state index >= 15 is 0 Å². The van der Waals surface area contributed by atoms with E-state index in [-0.39, 0.29) is 5.75 Å². The van der Waals surface area contributed by atoms with Crippen LogP contribution >= 0.6 is 0 Å². The highest BCUT2D eigenvalue weighted by molar-refractivity contribution is 5.87. The number of hydrogen-bond donors (Lipinski definition) is 0. The molecule has 3 nitrogen and oxygen atoms in total. The van der Waals surface area contributed by atoms with Crippen molar-refractivity contribution in [1.82, 2.24) is 0 Å². The Bertz CT molecular complexity index is 636. The first kappa shape index (κ1) is 14.8. The van der Waals surface area contributed by atoms with E-state index in [9.17, 15) is 9.18 Å². The van der Waals surface area contributed by atoms with Crippen LogP contribution in [0.2, 0.25) is 0 Å². The van der Waals surface area contributed by atoms with Gasteiger partial charge < -0.3 is 9.47 Å². The lowest BCUT2D eigenvalue weighted by Gasteiger charge is -2.07. The highest BCUT2D eigenvalue weighted by atomic mass is 19.1. The van der Waals surface area contributed by atoms with E-state index in [1.807, 2.05) is 6.07 Å². The molecule has 0 radical (unpaired) electrons. The quantitative estimate of drug-likeness (QED) is 0.610. The third-order valence-electron chi connectivity index (χ3n) is 2.62. The van der Waals surface area contributed by atoms with E-state index in [4.69, 9.17) is 9.47 Å². The molecule has 0 saturated carbocycles. The summed E-state index contributed by atoms with van der Waals surface area (Å²) in [6, 6.07) is 13.3. The van der Waals surface area contributed by atoms with E-state index in [1.54, 1.807) is 43.3 Å². The fraction of sp³-hybridized carbons (Fsp3) is 0.118. The third kappa shape index (κ3) is 4.45. The number of hydrogen-bond acceptors (Lipinski definition) is 3. The van der Waals surface area contributed by atoms with Crippen LogP contribution in [0, 0.1) is 5.82 Å². The third-order valence-corrected chi connectivity index (χ3v) is 2.62. The summed E-state index contributed by atoms with van der Waals surface area (Å²) in [4.78, 5) is 11.2. The summed E-state index contributed by atoms with van der Waals surface area (Å²) in [6.07, 6.45) is 2.85.